The molecule has 0 aromatic carbocycles. The van der Waals surface area contributed by atoms with Crippen LogP contribution in [0, 0.1) is 0 Å². The lowest BCUT2D eigenvalue weighted by atomic mass is 10.1. The zero-order valence-corrected chi connectivity index (χ0v) is 8.34. The Balaban J connectivity index is 2.51. The number of hydrogen-bond donors (Lipinski definition) is 2. The maximum absolute atomic E-state index is 9.39. The van der Waals surface area contributed by atoms with E-state index in [9.17, 15) is 5.11 Å². The Kier molecular flexibility index (Phi) is 3.06. The third-order valence-corrected chi connectivity index (χ3v) is 1.49. The van der Waals surface area contributed by atoms with E-state index >= 15 is 0 Å². The van der Waals surface area contributed by atoms with Crippen molar-refractivity contribution in [3.8, 4) is 0 Å². The second-order valence-electron chi connectivity index (χ2n) is 3.39. The third kappa shape index (κ3) is 4.05. The molecule has 0 saturated carbocycles. The van der Waals surface area contributed by atoms with E-state index in [1.54, 1.807) is 13.8 Å². The van der Waals surface area contributed by atoms with Crippen LogP contribution in [0.25, 0.3) is 0 Å². The summed E-state index contributed by atoms with van der Waals surface area (Å²) in [4.78, 5) is 7.83. The van der Waals surface area contributed by atoms with Crippen LogP contribution < -0.4 is 5.32 Å². The van der Waals surface area contributed by atoms with E-state index in [1.807, 2.05) is 0 Å². The molecular formula is C8H12ClN3O. The fourth-order valence-corrected chi connectivity index (χ4v) is 0.797. The van der Waals surface area contributed by atoms with E-state index in [-0.39, 0.29) is 0 Å². The molecule has 1 heterocycles. The molecule has 1 aromatic heterocycles. The lowest BCUT2D eigenvalue weighted by Crippen LogP contribution is -2.29. The minimum Gasteiger partial charge on any atom is -0.389 e. The molecule has 1 aromatic rings. The molecule has 0 spiro atoms. The van der Waals surface area contributed by atoms with Crippen LogP contribution in [-0.2, 0) is 0 Å². The predicted molar refractivity (Wildman–Crippen MR) is 51.8 cm³/mol. The van der Waals surface area contributed by atoms with Crippen LogP contribution in [0.1, 0.15) is 13.8 Å². The Labute approximate surface area is 82.0 Å². The first kappa shape index (κ1) is 10.2. The highest BCUT2D eigenvalue weighted by Crippen LogP contribution is 2.07. The van der Waals surface area contributed by atoms with Gasteiger partial charge >= 0.3 is 0 Å². The van der Waals surface area contributed by atoms with Crippen molar-refractivity contribution in [2.24, 2.45) is 0 Å². The molecule has 0 atom stereocenters. The topological polar surface area (TPSA) is 58.0 Å². The fraction of sp³-hybridized carbons (Fsp3) is 0.500. The Bertz CT molecular complexity index is 268. The van der Waals surface area contributed by atoms with Crippen molar-refractivity contribution in [2.75, 3.05) is 11.9 Å². The van der Waals surface area contributed by atoms with Gasteiger partial charge in [-0.05, 0) is 13.8 Å². The van der Waals surface area contributed by atoms with Crippen molar-refractivity contribution >= 4 is 17.5 Å². The van der Waals surface area contributed by atoms with Gasteiger partial charge in [0.1, 0.15) is 0 Å². The first-order valence-corrected chi connectivity index (χ1v) is 4.29. The minimum absolute atomic E-state index is 0.397. The van der Waals surface area contributed by atoms with E-state index in [0.29, 0.717) is 17.5 Å². The first-order chi connectivity index (χ1) is 5.97. The molecule has 0 unspecified atom stereocenters. The Morgan fingerprint density at radius 2 is 2.00 bits per heavy atom. The summed E-state index contributed by atoms with van der Waals surface area (Å²) in [6.45, 7) is 3.81. The highest BCUT2D eigenvalue weighted by molar-refractivity contribution is 6.30. The van der Waals surface area contributed by atoms with E-state index in [4.69, 9.17) is 11.6 Å². The standard InChI is InChI=1S/C8H12ClN3O/c1-8(2,13)5-12-7-10-3-6(9)4-11-7/h3-4,13H,5H2,1-2H3,(H,10,11,12). The van der Waals surface area contributed by atoms with Crippen LogP contribution >= 0.6 is 11.6 Å². The smallest absolute Gasteiger partial charge is 0.222 e. The van der Waals surface area contributed by atoms with Gasteiger partial charge in [0, 0.05) is 6.54 Å². The molecular weight excluding hydrogens is 190 g/mol. The summed E-state index contributed by atoms with van der Waals surface area (Å²) in [6.07, 6.45) is 3.00. The number of nitrogens with one attached hydrogen (secondary N) is 1. The van der Waals surface area contributed by atoms with Gasteiger partial charge in [0.15, 0.2) is 0 Å². The molecule has 1 rings (SSSR count). The van der Waals surface area contributed by atoms with Crippen LogP contribution in [0.15, 0.2) is 12.4 Å². The summed E-state index contributed by atoms with van der Waals surface area (Å²) in [5, 5.41) is 12.8. The lowest BCUT2D eigenvalue weighted by Gasteiger charge is -2.17. The van der Waals surface area contributed by atoms with Gasteiger partial charge in [0.05, 0.1) is 23.0 Å². The first-order valence-electron chi connectivity index (χ1n) is 3.91. The summed E-state index contributed by atoms with van der Waals surface area (Å²) in [6, 6.07) is 0. The lowest BCUT2D eigenvalue weighted by molar-refractivity contribution is 0.0943. The molecule has 4 nitrogen and oxygen atoms in total. The molecule has 5 heteroatoms. The zero-order valence-electron chi connectivity index (χ0n) is 7.58. The zero-order chi connectivity index (χ0) is 9.90. The van der Waals surface area contributed by atoms with Crippen molar-refractivity contribution in [3.05, 3.63) is 17.4 Å². The molecule has 0 bridgehead atoms. The van der Waals surface area contributed by atoms with Crippen molar-refractivity contribution in [3.63, 3.8) is 0 Å². The van der Waals surface area contributed by atoms with E-state index in [0.717, 1.165) is 0 Å². The summed E-state index contributed by atoms with van der Waals surface area (Å²) in [5.74, 6) is 0.464. The molecule has 72 valence electrons. The molecule has 0 aliphatic heterocycles. The molecule has 13 heavy (non-hydrogen) atoms. The molecule has 0 aliphatic rings. The number of nitrogens with zero attached hydrogens (tertiary/aromatic N) is 2. The second-order valence-corrected chi connectivity index (χ2v) is 3.83. The van der Waals surface area contributed by atoms with Gasteiger partial charge in [0.2, 0.25) is 5.95 Å². The molecule has 0 fully saturated rings. The second kappa shape index (κ2) is 3.89. The number of rotatable bonds is 3. The summed E-state index contributed by atoms with van der Waals surface area (Å²) >= 11 is 5.60. The number of hydrogen-bond acceptors (Lipinski definition) is 4. The number of halogens is 1. The Morgan fingerprint density at radius 3 is 2.46 bits per heavy atom. The highest BCUT2D eigenvalue weighted by atomic mass is 35.5. The highest BCUT2D eigenvalue weighted by Gasteiger charge is 2.11. The monoisotopic (exact) mass is 201 g/mol. The van der Waals surface area contributed by atoms with Gasteiger partial charge in [-0.15, -0.1) is 0 Å². The number of aliphatic hydroxyl groups is 1. The van der Waals surface area contributed by atoms with E-state index < -0.39 is 5.60 Å². The van der Waals surface area contributed by atoms with Gasteiger partial charge in [-0.25, -0.2) is 9.97 Å². The molecule has 0 amide bonds. The van der Waals surface area contributed by atoms with Crippen molar-refractivity contribution in [1.29, 1.82) is 0 Å². The quantitative estimate of drug-likeness (QED) is 0.775. The van der Waals surface area contributed by atoms with Gasteiger partial charge < -0.3 is 10.4 Å². The van der Waals surface area contributed by atoms with Crippen LogP contribution in [-0.4, -0.2) is 27.2 Å². The summed E-state index contributed by atoms with van der Waals surface area (Å²) < 4.78 is 0. The van der Waals surface area contributed by atoms with E-state index in [2.05, 4.69) is 15.3 Å². The maximum Gasteiger partial charge on any atom is 0.222 e. The Morgan fingerprint density at radius 1 is 1.46 bits per heavy atom. The number of anilines is 1. The fourth-order valence-electron chi connectivity index (χ4n) is 0.699. The van der Waals surface area contributed by atoms with Gasteiger partial charge in [-0.2, -0.15) is 0 Å². The predicted octanol–water partition coefficient (Wildman–Crippen LogP) is 1.31. The van der Waals surface area contributed by atoms with Crippen molar-refractivity contribution in [1.82, 2.24) is 9.97 Å². The van der Waals surface area contributed by atoms with Crippen LogP contribution in [0.3, 0.4) is 0 Å². The molecule has 0 aliphatic carbocycles. The molecule has 0 radical (unpaired) electrons. The van der Waals surface area contributed by atoms with Crippen molar-refractivity contribution < 1.29 is 5.11 Å². The van der Waals surface area contributed by atoms with Gasteiger partial charge in [-0.3, -0.25) is 0 Å². The largest absolute Gasteiger partial charge is 0.389 e. The third-order valence-electron chi connectivity index (χ3n) is 1.30. The Hall–Kier alpha value is -0.870. The van der Waals surface area contributed by atoms with Crippen molar-refractivity contribution in [2.45, 2.75) is 19.4 Å². The number of aromatic nitrogens is 2. The van der Waals surface area contributed by atoms with Crippen LogP contribution in [0.4, 0.5) is 5.95 Å². The average Bonchev–Trinajstić information content (AvgIpc) is 2.02. The average molecular weight is 202 g/mol. The SMILES string of the molecule is CC(C)(O)CNc1ncc(Cl)cn1. The molecule has 0 saturated heterocycles. The molecule has 2 N–H and O–H groups in total. The minimum atomic E-state index is -0.775. The van der Waals surface area contributed by atoms with Crippen LogP contribution in [0.2, 0.25) is 5.02 Å². The summed E-state index contributed by atoms with van der Waals surface area (Å²) in [7, 11) is 0. The van der Waals surface area contributed by atoms with Gasteiger partial charge in [0.25, 0.3) is 0 Å². The normalized spacial score (nSPS) is 11.4. The van der Waals surface area contributed by atoms with Gasteiger partial charge in [-0.1, -0.05) is 11.6 Å². The van der Waals surface area contributed by atoms with Crippen LogP contribution in [0.5, 0.6) is 0 Å². The maximum atomic E-state index is 9.39. The van der Waals surface area contributed by atoms with E-state index in [1.165, 1.54) is 12.4 Å². The summed E-state index contributed by atoms with van der Waals surface area (Å²) in [5.41, 5.74) is -0.775.